The molecule has 0 spiro atoms. The van der Waals surface area contributed by atoms with E-state index in [1.807, 2.05) is 0 Å². The number of carbonyl (C=O) groups is 1. The number of hydrazone groups is 1. The summed E-state index contributed by atoms with van der Waals surface area (Å²) in [6.45, 7) is 1.75. The van der Waals surface area contributed by atoms with Gasteiger partial charge in [0.2, 0.25) is 0 Å². The Morgan fingerprint density at radius 2 is 1.78 bits per heavy atom. The molecule has 8 heteroatoms. The van der Waals surface area contributed by atoms with Crippen molar-refractivity contribution < 1.29 is 14.3 Å². The third-order valence-electron chi connectivity index (χ3n) is 4.04. The Balaban J connectivity index is 1.87. The minimum atomic E-state index is -0.526. The predicted octanol–water partition coefficient (Wildman–Crippen LogP) is 2.09. The lowest BCUT2D eigenvalue weighted by molar-refractivity contribution is 0.0950. The molecule has 0 atom stereocenters. The van der Waals surface area contributed by atoms with Crippen molar-refractivity contribution in [2.24, 2.45) is 5.10 Å². The van der Waals surface area contributed by atoms with Crippen LogP contribution in [0.2, 0.25) is 0 Å². The highest BCUT2D eigenvalue weighted by molar-refractivity contribution is 6.06. The summed E-state index contributed by atoms with van der Waals surface area (Å²) >= 11 is 0. The molecule has 0 saturated heterocycles. The Morgan fingerprint density at radius 3 is 2.48 bits per heavy atom. The first-order valence-corrected chi connectivity index (χ1v) is 8.09. The number of nitrogens with one attached hydrogen (secondary N) is 2. The molecular formula is C19H18N4O4. The molecule has 3 aromatic rings. The van der Waals surface area contributed by atoms with E-state index >= 15 is 0 Å². The summed E-state index contributed by atoms with van der Waals surface area (Å²) < 4.78 is 10.5. The summed E-state index contributed by atoms with van der Waals surface area (Å²) in [6, 6.07) is 12.1. The number of amides is 1. The first-order valence-electron chi connectivity index (χ1n) is 8.09. The van der Waals surface area contributed by atoms with Crippen molar-refractivity contribution in [3.05, 3.63) is 64.1 Å². The van der Waals surface area contributed by atoms with E-state index in [2.05, 4.69) is 20.7 Å². The fourth-order valence-electron chi connectivity index (χ4n) is 2.60. The maximum Gasteiger partial charge on any atom is 0.292 e. The Hall–Kier alpha value is -3.68. The van der Waals surface area contributed by atoms with Crippen LogP contribution in [0, 0.1) is 0 Å². The molecule has 0 fully saturated rings. The molecule has 0 radical (unpaired) electrons. The number of nitrogens with zero attached hydrogens (tertiary/aromatic N) is 2. The SMILES string of the molecule is COc1ccc(/C(C)=N\NC(=O)c2n[nH]c(=O)c3ccccc23)cc1OC. The lowest BCUT2D eigenvalue weighted by Gasteiger charge is -2.09. The largest absolute Gasteiger partial charge is 0.493 e. The fourth-order valence-corrected chi connectivity index (χ4v) is 2.60. The number of methoxy groups -OCH3 is 2. The number of H-pyrrole nitrogens is 1. The summed E-state index contributed by atoms with van der Waals surface area (Å²) in [6.07, 6.45) is 0. The Morgan fingerprint density at radius 1 is 1.07 bits per heavy atom. The van der Waals surface area contributed by atoms with Gasteiger partial charge < -0.3 is 9.47 Å². The minimum absolute atomic E-state index is 0.0917. The maximum absolute atomic E-state index is 12.5. The quantitative estimate of drug-likeness (QED) is 0.531. The standard InChI is InChI=1S/C19H18N4O4/c1-11(12-8-9-15(26-2)16(10-12)27-3)20-23-19(25)17-13-6-4-5-7-14(13)18(24)22-21-17/h4-10H,1-3H3,(H,22,24)(H,23,25)/b20-11-. The van der Waals surface area contributed by atoms with E-state index in [-0.39, 0.29) is 11.3 Å². The molecule has 2 N–H and O–H groups in total. The molecule has 8 nitrogen and oxygen atoms in total. The zero-order valence-electron chi connectivity index (χ0n) is 15.1. The van der Waals surface area contributed by atoms with Gasteiger partial charge in [0.05, 0.1) is 25.3 Å². The molecule has 0 aliphatic carbocycles. The van der Waals surface area contributed by atoms with Crippen LogP contribution in [0.3, 0.4) is 0 Å². The van der Waals surface area contributed by atoms with Crippen molar-refractivity contribution in [1.29, 1.82) is 0 Å². The molecule has 27 heavy (non-hydrogen) atoms. The predicted molar refractivity (Wildman–Crippen MR) is 102 cm³/mol. The summed E-state index contributed by atoms with van der Waals surface area (Å²) in [4.78, 5) is 24.3. The number of hydrogen-bond acceptors (Lipinski definition) is 6. The molecule has 1 aromatic heterocycles. The molecule has 0 aliphatic heterocycles. The molecular weight excluding hydrogens is 348 g/mol. The van der Waals surface area contributed by atoms with E-state index in [1.165, 1.54) is 0 Å². The first kappa shape index (κ1) is 18.1. The van der Waals surface area contributed by atoms with Gasteiger partial charge in [0.25, 0.3) is 11.5 Å². The highest BCUT2D eigenvalue weighted by Crippen LogP contribution is 2.27. The zero-order valence-corrected chi connectivity index (χ0v) is 15.1. The number of aromatic nitrogens is 2. The third kappa shape index (κ3) is 3.64. The van der Waals surface area contributed by atoms with Crippen LogP contribution in [0.25, 0.3) is 10.8 Å². The van der Waals surface area contributed by atoms with Crippen molar-refractivity contribution in [3.63, 3.8) is 0 Å². The van der Waals surface area contributed by atoms with E-state index < -0.39 is 5.91 Å². The van der Waals surface area contributed by atoms with Crippen molar-refractivity contribution in [1.82, 2.24) is 15.6 Å². The van der Waals surface area contributed by atoms with E-state index in [0.717, 1.165) is 5.56 Å². The number of fused-ring (bicyclic) bond motifs is 1. The number of hydrogen-bond donors (Lipinski definition) is 2. The van der Waals surface area contributed by atoms with E-state index in [1.54, 1.807) is 63.6 Å². The molecule has 1 heterocycles. The van der Waals surface area contributed by atoms with Gasteiger partial charge in [0.1, 0.15) is 0 Å². The van der Waals surface area contributed by atoms with Crippen LogP contribution < -0.4 is 20.5 Å². The smallest absolute Gasteiger partial charge is 0.292 e. The first-order chi connectivity index (χ1) is 13.0. The zero-order chi connectivity index (χ0) is 19.4. The van der Waals surface area contributed by atoms with Gasteiger partial charge in [-0.1, -0.05) is 18.2 Å². The topological polar surface area (TPSA) is 106 Å². The number of carbonyl (C=O) groups excluding carboxylic acids is 1. The van der Waals surface area contributed by atoms with Crippen LogP contribution in [0.5, 0.6) is 11.5 Å². The van der Waals surface area contributed by atoms with Crippen LogP contribution in [0.15, 0.2) is 52.4 Å². The van der Waals surface area contributed by atoms with Crippen molar-refractivity contribution >= 4 is 22.4 Å². The Labute approximate surface area is 154 Å². The van der Waals surface area contributed by atoms with Gasteiger partial charge in [-0.2, -0.15) is 10.2 Å². The average molecular weight is 366 g/mol. The highest BCUT2D eigenvalue weighted by atomic mass is 16.5. The van der Waals surface area contributed by atoms with Gasteiger partial charge in [0.15, 0.2) is 17.2 Å². The lowest BCUT2D eigenvalue weighted by atomic mass is 10.1. The van der Waals surface area contributed by atoms with E-state index in [0.29, 0.717) is 28.0 Å². The summed E-state index contributed by atoms with van der Waals surface area (Å²) in [7, 11) is 3.10. The normalized spacial score (nSPS) is 11.3. The molecule has 3 rings (SSSR count). The number of benzene rings is 2. The molecule has 0 aliphatic rings. The van der Waals surface area contributed by atoms with Gasteiger partial charge in [-0.15, -0.1) is 0 Å². The molecule has 0 bridgehead atoms. The fraction of sp³-hybridized carbons (Fsp3) is 0.158. The second kappa shape index (κ2) is 7.69. The maximum atomic E-state index is 12.5. The number of aromatic amines is 1. The van der Waals surface area contributed by atoms with Crippen LogP contribution in [0.4, 0.5) is 0 Å². The summed E-state index contributed by atoms with van der Waals surface area (Å²) in [5, 5.41) is 11.1. The third-order valence-corrected chi connectivity index (χ3v) is 4.04. The van der Waals surface area contributed by atoms with Crippen molar-refractivity contribution in [2.75, 3.05) is 14.2 Å². The number of rotatable bonds is 5. The average Bonchev–Trinajstić information content (AvgIpc) is 2.71. The molecule has 0 saturated carbocycles. The van der Waals surface area contributed by atoms with Crippen LogP contribution in [-0.4, -0.2) is 36.0 Å². The van der Waals surface area contributed by atoms with Gasteiger partial charge in [-0.25, -0.2) is 10.5 Å². The monoisotopic (exact) mass is 366 g/mol. The summed E-state index contributed by atoms with van der Waals surface area (Å²) in [5.41, 5.74) is 3.53. The number of ether oxygens (including phenoxy) is 2. The highest BCUT2D eigenvalue weighted by Gasteiger charge is 2.14. The van der Waals surface area contributed by atoms with Crippen LogP contribution >= 0.6 is 0 Å². The van der Waals surface area contributed by atoms with Crippen molar-refractivity contribution in [3.8, 4) is 11.5 Å². The van der Waals surface area contributed by atoms with Gasteiger partial charge in [-0.05, 0) is 31.2 Å². The van der Waals surface area contributed by atoms with Crippen LogP contribution in [0.1, 0.15) is 23.0 Å². The molecule has 2 aromatic carbocycles. The van der Waals surface area contributed by atoms with Crippen LogP contribution in [-0.2, 0) is 0 Å². The molecule has 0 unspecified atom stereocenters. The lowest BCUT2D eigenvalue weighted by Crippen LogP contribution is -2.23. The second-order valence-corrected chi connectivity index (χ2v) is 5.65. The minimum Gasteiger partial charge on any atom is -0.493 e. The summed E-state index contributed by atoms with van der Waals surface area (Å²) in [5.74, 6) is 0.633. The van der Waals surface area contributed by atoms with Gasteiger partial charge >= 0.3 is 0 Å². The van der Waals surface area contributed by atoms with Gasteiger partial charge in [-0.3, -0.25) is 9.59 Å². The molecule has 138 valence electrons. The Kier molecular flexibility index (Phi) is 5.16. The Bertz CT molecular complexity index is 1090. The van der Waals surface area contributed by atoms with Gasteiger partial charge in [0, 0.05) is 10.9 Å². The van der Waals surface area contributed by atoms with Crippen molar-refractivity contribution in [2.45, 2.75) is 6.92 Å². The second-order valence-electron chi connectivity index (χ2n) is 5.65. The van der Waals surface area contributed by atoms with E-state index in [4.69, 9.17) is 9.47 Å². The molecule has 1 amide bonds. The van der Waals surface area contributed by atoms with E-state index in [9.17, 15) is 9.59 Å².